The first-order chi connectivity index (χ1) is 16.9. The van der Waals surface area contributed by atoms with Crippen molar-refractivity contribution in [2.75, 3.05) is 13.7 Å². The predicted molar refractivity (Wildman–Crippen MR) is 143 cm³/mol. The normalized spacial score (nSPS) is 49.2. The molecule has 8 unspecified atom stereocenters. The van der Waals surface area contributed by atoms with Gasteiger partial charge in [-0.05, 0) is 62.0 Å². The number of ether oxygens (including phenoxy) is 2. The molecule has 8 heteroatoms. The molecule has 3 fully saturated rings. The molecule has 2 saturated carbocycles. The molecular formula is C30H51AcNO6. The smallest absolute Gasteiger partial charge is 0.337 e. The molecule has 38 heavy (non-hydrogen) atoms. The van der Waals surface area contributed by atoms with Crippen molar-refractivity contribution in [1.82, 2.24) is 5.32 Å². The van der Waals surface area contributed by atoms with Crippen LogP contribution in [-0.4, -0.2) is 70.5 Å². The second-order valence-corrected chi connectivity index (χ2v) is 13.9. The van der Waals surface area contributed by atoms with E-state index in [1.165, 1.54) is 0 Å². The molecule has 3 aliphatic carbocycles. The molecule has 1 saturated heterocycles. The number of hydrogen-bond donors (Lipinski definition) is 4. The zero-order chi connectivity index (χ0) is 28.0. The number of hydrogen-bond acceptors (Lipinski definition) is 7. The van der Waals surface area contributed by atoms with Gasteiger partial charge in [-0.15, -0.1) is 0 Å². The average molecular weight is 749 g/mol. The summed E-state index contributed by atoms with van der Waals surface area (Å²) in [5, 5.41) is 38.6. The third kappa shape index (κ3) is 4.12. The standard InChI is InChI=1S/C30H51NO6.Ac/c1-14-12-21-29(34,13-36-21)25-19(6)30(35)18(5)24(37-26(33)23(32)20(7)31-11)16(3)22(27(30,8)9)15(2)17(4)28(14,25)10;/h14-15,17-21,23-25,31-32,34-35H,12-13H2,1-11H3;/t14?,15-,17?,18-,19-,20?,21?,23?,24?,25?,28-,29-,30?;/m0./s1. The summed E-state index contributed by atoms with van der Waals surface area (Å²) in [6, 6.07) is -0.462. The van der Waals surface area contributed by atoms with Crippen molar-refractivity contribution in [3.8, 4) is 0 Å². The molecular weight excluding hydrogens is 697 g/mol. The SMILES string of the molecule is CNC(C)C(O)C(=O)OC1C(C)=C2[C@@H](C)C(C)[C@]3(C)C(C)CC4OC[C@@]4(O)C3[C@H](C)C(O)([C@H]1C)C2(C)C.[Ac]. The first-order valence-corrected chi connectivity index (χ1v) is 14.3. The zero-order valence-corrected chi connectivity index (χ0v) is 30.1. The van der Waals surface area contributed by atoms with Gasteiger partial charge in [-0.25, -0.2) is 4.79 Å². The Hall–Kier alpha value is 0.452. The molecule has 0 aromatic rings. The Bertz CT molecular complexity index is 970. The van der Waals surface area contributed by atoms with E-state index >= 15 is 0 Å². The predicted octanol–water partition coefficient (Wildman–Crippen LogP) is 3.30. The molecule has 1 heterocycles. The van der Waals surface area contributed by atoms with Gasteiger partial charge in [-0.1, -0.05) is 61.0 Å². The van der Waals surface area contributed by atoms with Gasteiger partial charge < -0.3 is 30.1 Å². The molecule has 2 bridgehead atoms. The first kappa shape index (κ1) is 33.0. The maximum atomic E-state index is 13.1. The van der Waals surface area contributed by atoms with Gasteiger partial charge in [0.1, 0.15) is 11.7 Å². The number of aliphatic hydroxyl groups is 3. The second kappa shape index (κ2) is 10.6. The number of fused-ring (bicyclic) bond motifs is 5. The van der Waals surface area contributed by atoms with Crippen molar-refractivity contribution in [1.29, 1.82) is 0 Å². The number of esters is 1. The van der Waals surface area contributed by atoms with Gasteiger partial charge in [0.05, 0.1) is 18.3 Å². The van der Waals surface area contributed by atoms with Gasteiger partial charge in [0.25, 0.3) is 0 Å². The molecule has 4 aliphatic rings. The minimum Gasteiger partial charge on any atom is -0.455 e. The van der Waals surface area contributed by atoms with Crippen LogP contribution in [0.3, 0.4) is 0 Å². The summed E-state index contributed by atoms with van der Waals surface area (Å²) in [6.07, 6.45) is -1.40. The monoisotopic (exact) mass is 748 g/mol. The maximum Gasteiger partial charge on any atom is 0.337 e. The Morgan fingerprint density at radius 1 is 1.08 bits per heavy atom. The van der Waals surface area contributed by atoms with E-state index in [2.05, 4.69) is 53.8 Å². The topological polar surface area (TPSA) is 108 Å². The summed E-state index contributed by atoms with van der Waals surface area (Å²) in [7, 11) is 1.69. The van der Waals surface area contributed by atoms with Crippen molar-refractivity contribution >= 4 is 5.97 Å². The summed E-state index contributed by atoms with van der Waals surface area (Å²) in [5.74, 6) is -1.05. The van der Waals surface area contributed by atoms with Crippen molar-refractivity contribution in [3.05, 3.63) is 11.1 Å². The molecule has 7 nitrogen and oxygen atoms in total. The van der Waals surface area contributed by atoms with E-state index < -0.39 is 46.8 Å². The fourth-order valence-electron chi connectivity index (χ4n) is 9.80. The van der Waals surface area contributed by atoms with E-state index in [1.807, 2.05) is 13.8 Å². The Labute approximate surface area is 265 Å². The molecule has 1 aliphatic heterocycles. The van der Waals surface area contributed by atoms with E-state index in [0.717, 1.165) is 17.6 Å². The number of rotatable bonds is 4. The van der Waals surface area contributed by atoms with Crippen LogP contribution < -0.4 is 5.32 Å². The Morgan fingerprint density at radius 2 is 1.66 bits per heavy atom. The van der Waals surface area contributed by atoms with Crippen molar-refractivity contribution < 1.29 is 73.7 Å². The number of nitrogens with one attached hydrogen (secondary N) is 1. The fourth-order valence-corrected chi connectivity index (χ4v) is 9.80. The molecule has 4 rings (SSSR count). The summed E-state index contributed by atoms with van der Waals surface area (Å²) in [6.45, 7) is 21.4. The number of likely N-dealkylation sites (N-methyl/N-ethyl adjacent to an activating group) is 1. The number of carbonyl (C=O) groups excluding carboxylic acids is 1. The van der Waals surface area contributed by atoms with Crippen molar-refractivity contribution in [2.45, 2.75) is 111 Å². The van der Waals surface area contributed by atoms with Crippen LogP contribution in [0.2, 0.25) is 0 Å². The minimum absolute atomic E-state index is 0. The number of carbonyl (C=O) groups is 1. The minimum atomic E-state index is -1.31. The van der Waals surface area contributed by atoms with Crippen LogP contribution in [-0.2, 0) is 14.3 Å². The van der Waals surface area contributed by atoms with E-state index in [1.54, 1.807) is 14.0 Å². The summed E-state index contributed by atoms with van der Waals surface area (Å²) < 4.78 is 12.0. The maximum absolute atomic E-state index is 13.1. The van der Waals surface area contributed by atoms with Gasteiger partial charge in [0.15, 0.2) is 6.10 Å². The van der Waals surface area contributed by atoms with Crippen LogP contribution in [0.1, 0.15) is 75.7 Å². The molecule has 1 radical (unpaired) electrons. The van der Waals surface area contributed by atoms with Crippen LogP contribution in [0, 0.1) is 90.4 Å². The third-order valence-corrected chi connectivity index (χ3v) is 12.4. The Kier molecular flexibility index (Phi) is 9.21. The van der Waals surface area contributed by atoms with Crippen LogP contribution in [0.4, 0.5) is 0 Å². The molecule has 0 aromatic carbocycles. The van der Waals surface area contributed by atoms with Crippen molar-refractivity contribution in [2.24, 2.45) is 46.3 Å². The van der Waals surface area contributed by atoms with Crippen LogP contribution >= 0.6 is 0 Å². The largest absolute Gasteiger partial charge is 0.455 e. The van der Waals surface area contributed by atoms with Gasteiger partial charge >= 0.3 is 5.97 Å². The first-order valence-electron chi connectivity index (χ1n) is 14.3. The zero-order valence-electron chi connectivity index (χ0n) is 25.3. The summed E-state index contributed by atoms with van der Waals surface area (Å²) in [5.41, 5.74) is -1.03. The van der Waals surface area contributed by atoms with Crippen LogP contribution in [0.25, 0.3) is 0 Å². The van der Waals surface area contributed by atoms with Crippen molar-refractivity contribution in [3.63, 3.8) is 0 Å². The van der Waals surface area contributed by atoms with Gasteiger partial charge in [-0.2, -0.15) is 0 Å². The molecule has 0 amide bonds. The summed E-state index contributed by atoms with van der Waals surface area (Å²) >= 11 is 0. The average Bonchev–Trinajstić information content (AvgIpc) is 2.84. The Morgan fingerprint density at radius 3 is 2.16 bits per heavy atom. The van der Waals surface area contributed by atoms with Gasteiger partial charge in [0, 0.05) is 67.4 Å². The third-order valence-electron chi connectivity index (χ3n) is 12.4. The second-order valence-electron chi connectivity index (χ2n) is 13.9. The van der Waals surface area contributed by atoms with Crippen LogP contribution in [0.15, 0.2) is 11.1 Å². The van der Waals surface area contributed by atoms with E-state index in [4.69, 9.17) is 9.47 Å². The van der Waals surface area contributed by atoms with E-state index in [0.29, 0.717) is 5.92 Å². The Balaban J connectivity index is 0.00000400. The van der Waals surface area contributed by atoms with Crippen LogP contribution in [0.5, 0.6) is 0 Å². The molecule has 0 spiro atoms. The molecule has 13 atom stereocenters. The quantitative estimate of drug-likeness (QED) is 0.259. The molecule has 0 aromatic heterocycles. The number of aliphatic hydroxyl groups excluding tert-OH is 1. The van der Waals surface area contributed by atoms with E-state index in [9.17, 15) is 20.1 Å². The van der Waals surface area contributed by atoms with Gasteiger partial charge in [-0.3, -0.25) is 0 Å². The molecule has 215 valence electrons. The van der Waals surface area contributed by atoms with Gasteiger partial charge in [0.2, 0.25) is 0 Å². The molecule has 4 N–H and O–H groups in total. The van der Waals surface area contributed by atoms with E-state index in [-0.39, 0.29) is 85.9 Å². The fraction of sp³-hybridized carbons (Fsp3) is 0.900. The summed E-state index contributed by atoms with van der Waals surface area (Å²) in [4.78, 5) is 13.1.